The minimum Gasteiger partial charge on any atom is -0.352 e. The van der Waals surface area contributed by atoms with Crippen LogP contribution in [-0.4, -0.2) is 28.8 Å². The molecule has 0 radical (unpaired) electrons. The second-order valence-electron chi connectivity index (χ2n) is 8.05. The maximum Gasteiger partial charge on any atom is 0.243 e. The summed E-state index contributed by atoms with van der Waals surface area (Å²) in [6.07, 6.45) is 4.17. The molecule has 1 fully saturated rings. The van der Waals surface area contributed by atoms with E-state index < -0.39 is 17.8 Å². The Morgan fingerprint density at radius 1 is 1.12 bits per heavy atom. The van der Waals surface area contributed by atoms with Crippen LogP contribution in [0.3, 0.4) is 0 Å². The van der Waals surface area contributed by atoms with Gasteiger partial charge in [-0.3, -0.25) is 9.59 Å². The van der Waals surface area contributed by atoms with Crippen LogP contribution in [-0.2, 0) is 22.6 Å². The summed E-state index contributed by atoms with van der Waals surface area (Å²) in [4.78, 5) is 28.0. The predicted octanol–water partition coefficient (Wildman–Crippen LogP) is 6.19. The van der Waals surface area contributed by atoms with Gasteiger partial charge in [0.1, 0.15) is 11.9 Å². The zero-order valence-electron chi connectivity index (χ0n) is 17.8. The van der Waals surface area contributed by atoms with E-state index in [1.807, 2.05) is 6.92 Å². The van der Waals surface area contributed by atoms with Crippen LogP contribution < -0.4 is 5.32 Å². The van der Waals surface area contributed by atoms with E-state index in [1.165, 1.54) is 23.1 Å². The number of nitrogens with zero attached hydrogens (tertiary/aromatic N) is 1. The predicted molar refractivity (Wildman–Crippen MR) is 127 cm³/mol. The van der Waals surface area contributed by atoms with E-state index in [0.717, 1.165) is 25.7 Å². The van der Waals surface area contributed by atoms with Crippen molar-refractivity contribution in [2.24, 2.45) is 0 Å². The highest BCUT2D eigenvalue weighted by atomic mass is 35.5. The van der Waals surface area contributed by atoms with Crippen molar-refractivity contribution in [2.75, 3.05) is 0 Å². The molecule has 0 spiro atoms. The number of carbonyl (C=O) groups excluding carboxylic acids is 2. The first-order valence-corrected chi connectivity index (χ1v) is 11.9. The van der Waals surface area contributed by atoms with Crippen molar-refractivity contribution in [2.45, 2.75) is 64.1 Å². The Balaban J connectivity index is 1.89. The number of halogens is 4. The second kappa shape index (κ2) is 11.4. The molecule has 2 amide bonds. The Morgan fingerprint density at radius 2 is 1.84 bits per heavy atom. The van der Waals surface area contributed by atoms with Crippen LogP contribution >= 0.6 is 34.8 Å². The summed E-state index contributed by atoms with van der Waals surface area (Å²) in [7, 11) is 0. The van der Waals surface area contributed by atoms with E-state index in [1.54, 1.807) is 18.2 Å². The molecule has 1 N–H and O–H groups in total. The van der Waals surface area contributed by atoms with Gasteiger partial charge < -0.3 is 10.2 Å². The molecule has 4 nitrogen and oxygen atoms in total. The van der Waals surface area contributed by atoms with Crippen molar-refractivity contribution < 1.29 is 14.0 Å². The van der Waals surface area contributed by atoms with Gasteiger partial charge in [0.25, 0.3) is 0 Å². The quantitative estimate of drug-likeness (QED) is 0.470. The SMILES string of the molecule is CC[C@@H](C(=O)NC1CCCC1)N(Cc1ccc(Cl)cc1Cl)C(=O)Cc1c(F)cccc1Cl. The molecule has 172 valence electrons. The molecular formula is C24H26Cl3FN2O2. The lowest BCUT2D eigenvalue weighted by Gasteiger charge is -2.32. The van der Waals surface area contributed by atoms with Crippen molar-refractivity contribution in [3.05, 3.63) is 68.4 Å². The lowest BCUT2D eigenvalue weighted by Crippen LogP contribution is -2.51. The Labute approximate surface area is 203 Å². The minimum absolute atomic E-state index is 0.0947. The number of carbonyl (C=O) groups is 2. The van der Waals surface area contributed by atoms with Gasteiger partial charge in [0.15, 0.2) is 0 Å². The lowest BCUT2D eigenvalue weighted by molar-refractivity contribution is -0.141. The summed E-state index contributed by atoms with van der Waals surface area (Å²) < 4.78 is 14.4. The first kappa shape index (κ1) is 24.8. The average Bonchev–Trinajstić information content (AvgIpc) is 3.25. The molecule has 0 aromatic heterocycles. The Morgan fingerprint density at radius 3 is 2.47 bits per heavy atom. The molecule has 2 aromatic carbocycles. The fourth-order valence-corrected chi connectivity index (χ4v) is 4.77. The molecule has 0 aliphatic heterocycles. The summed E-state index contributed by atoms with van der Waals surface area (Å²) in [6.45, 7) is 1.94. The monoisotopic (exact) mass is 498 g/mol. The van der Waals surface area contributed by atoms with Crippen LogP contribution in [0.2, 0.25) is 15.1 Å². The van der Waals surface area contributed by atoms with Gasteiger partial charge in [-0.1, -0.05) is 66.7 Å². The van der Waals surface area contributed by atoms with Crippen LogP contribution in [0.25, 0.3) is 0 Å². The average molecular weight is 500 g/mol. The Bertz CT molecular complexity index is 959. The van der Waals surface area contributed by atoms with Crippen molar-refractivity contribution >= 4 is 46.6 Å². The van der Waals surface area contributed by atoms with Gasteiger partial charge in [0.2, 0.25) is 11.8 Å². The normalized spacial score (nSPS) is 14.9. The molecule has 1 aliphatic rings. The Kier molecular flexibility index (Phi) is 8.80. The number of hydrogen-bond acceptors (Lipinski definition) is 2. The molecule has 2 aromatic rings. The second-order valence-corrected chi connectivity index (χ2v) is 9.30. The largest absolute Gasteiger partial charge is 0.352 e. The zero-order chi connectivity index (χ0) is 23.3. The summed E-state index contributed by atoms with van der Waals surface area (Å²) in [6, 6.07) is 8.68. The van der Waals surface area contributed by atoms with Crippen LogP contribution in [0.15, 0.2) is 36.4 Å². The van der Waals surface area contributed by atoms with Crippen molar-refractivity contribution in [1.82, 2.24) is 10.2 Å². The van der Waals surface area contributed by atoms with E-state index in [4.69, 9.17) is 34.8 Å². The highest BCUT2D eigenvalue weighted by molar-refractivity contribution is 6.35. The van der Waals surface area contributed by atoms with Crippen LogP contribution in [0.5, 0.6) is 0 Å². The fraction of sp³-hybridized carbons (Fsp3) is 0.417. The van der Waals surface area contributed by atoms with E-state index in [0.29, 0.717) is 22.0 Å². The summed E-state index contributed by atoms with van der Waals surface area (Å²) in [5.41, 5.74) is 0.758. The molecule has 8 heteroatoms. The molecule has 0 saturated heterocycles. The topological polar surface area (TPSA) is 49.4 Å². The maximum absolute atomic E-state index is 14.4. The van der Waals surface area contributed by atoms with E-state index in [2.05, 4.69) is 5.32 Å². The zero-order valence-corrected chi connectivity index (χ0v) is 20.1. The lowest BCUT2D eigenvalue weighted by atomic mass is 10.1. The summed E-state index contributed by atoms with van der Waals surface area (Å²) in [5, 5.41) is 4.11. The highest BCUT2D eigenvalue weighted by Crippen LogP contribution is 2.26. The van der Waals surface area contributed by atoms with Crippen molar-refractivity contribution in [3.8, 4) is 0 Å². The van der Waals surface area contributed by atoms with Crippen molar-refractivity contribution in [3.63, 3.8) is 0 Å². The van der Waals surface area contributed by atoms with Gasteiger partial charge in [-0.05, 0) is 49.1 Å². The number of rotatable bonds is 8. The van der Waals surface area contributed by atoms with Crippen LogP contribution in [0, 0.1) is 5.82 Å². The van der Waals surface area contributed by atoms with E-state index >= 15 is 0 Å². The molecule has 1 atom stereocenters. The first-order chi connectivity index (χ1) is 15.3. The number of benzene rings is 2. The van der Waals surface area contributed by atoms with Crippen molar-refractivity contribution in [1.29, 1.82) is 0 Å². The van der Waals surface area contributed by atoms with E-state index in [-0.39, 0.29) is 35.5 Å². The van der Waals surface area contributed by atoms with E-state index in [9.17, 15) is 14.0 Å². The Hall–Kier alpha value is -1.82. The van der Waals surface area contributed by atoms with Gasteiger partial charge in [0.05, 0.1) is 6.42 Å². The summed E-state index contributed by atoms with van der Waals surface area (Å²) >= 11 is 18.5. The van der Waals surface area contributed by atoms with Gasteiger partial charge in [-0.25, -0.2) is 4.39 Å². The van der Waals surface area contributed by atoms with Gasteiger partial charge >= 0.3 is 0 Å². The molecule has 32 heavy (non-hydrogen) atoms. The highest BCUT2D eigenvalue weighted by Gasteiger charge is 2.31. The third kappa shape index (κ3) is 6.15. The fourth-order valence-electron chi connectivity index (χ4n) is 4.07. The standard InChI is InChI=1S/C24H26Cl3FN2O2/c1-2-22(24(32)29-17-6-3-4-7-17)30(14-15-10-11-16(25)12-20(15)27)23(31)13-18-19(26)8-5-9-21(18)28/h5,8-12,17,22H,2-4,6-7,13-14H2,1H3,(H,29,32)/t22-/m0/s1. The smallest absolute Gasteiger partial charge is 0.243 e. The first-order valence-electron chi connectivity index (χ1n) is 10.8. The maximum atomic E-state index is 14.4. The molecule has 3 rings (SSSR count). The van der Waals surface area contributed by atoms with Gasteiger partial charge in [0, 0.05) is 33.2 Å². The molecular weight excluding hydrogens is 474 g/mol. The van der Waals surface area contributed by atoms with Gasteiger partial charge in [-0.15, -0.1) is 0 Å². The molecule has 1 aliphatic carbocycles. The molecule has 0 unspecified atom stereocenters. The van der Waals surface area contributed by atoms with Crippen LogP contribution in [0.1, 0.15) is 50.2 Å². The third-order valence-electron chi connectivity index (χ3n) is 5.83. The molecule has 0 bridgehead atoms. The molecule has 1 saturated carbocycles. The van der Waals surface area contributed by atoms with Gasteiger partial charge in [-0.2, -0.15) is 0 Å². The molecule has 0 heterocycles. The number of hydrogen-bond donors (Lipinski definition) is 1. The third-order valence-corrected chi connectivity index (χ3v) is 6.77. The van der Waals surface area contributed by atoms with Crippen LogP contribution in [0.4, 0.5) is 4.39 Å². The number of amides is 2. The minimum atomic E-state index is -0.722. The number of nitrogens with one attached hydrogen (secondary N) is 1. The summed E-state index contributed by atoms with van der Waals surface area (Å²) in [5.74, 6) is -1.17.